The second kappa shape index (κ2) is 11.7. The highest BCUT2D eigenvalue weighted by molar-refractivity contribution is 7.99. The molecule has 0 bridgehead atoms. The van der Waals surface area contributed by atoms with E-state index in [1.54, 1.807) is 48.7 Å². The Labute approximate surface area is 225 Å². The summed E-state index contributed by atoms with van der Waals surface area (Å²) in [5, 5.41) is 21.8. The summed E-state index contributed by atoms with van der Waals surface area (Å²) >= 11 is 1.02. The summed E-state index contributed by atoms with van der Waals surface area (Å²) in [5.74, 6) is -0.565. The second-order valence-corrected chi connectivity index (χ2v) is 9.12. The van der Waals surface area contributed by atoms with E-state index in [2.05, 4.69) is 14.7 Å². The minimum atomic E-state index is -2.94. The van der Waals surface area contributed by atoms with Gasteiger partial charge in [0.25, 0.3) is 5.69 Å². The molecule has 4 aromatic rings. The van der Waals surface area contributed by atoms with E-state index in [-0.39, 0.29) is 22.6 Å². The lowest BCUT2D eigenvalue weighted by Gasteiger charge is -2.11. The van der Waals surface area contributed by atoms with Gasteiger partial charge in [0.1, 0.15) is 17.4 Å². The standard InChI is InChI=1S/C27H19F2N5O4S/c1-16-12-22(17(2)33(16)20-5-7-21(8-6-20)38-26(28)29)25(35)19(15-30)13-18-4-9-24(23(14-18)34(36)37)39-27-31-10-3-11-32-27/h3-14,26H,1-2H3/b19-13+. The fraction of sp³-hybridized carbons (Fsp3) is 0.111. The van der Waals surface area contributed by atoms with Crippen molar-refractivity contribution in [2.24, 2.45) is 0 Å². The van der Waals surface area contributed by atoms with Crippen molar-refractivity contribution >= 4 is 29.3 Å². The van der Waals surface area contributed by atoms with Gasteiger partial charge < -0.3 is 9.30 Å². The van der Waals surface area contributed by atoms with E-state index >= 15 is 0 Å². The largest absolute Gasteiger partial charge is 0.435 e. The molecule has 0 aliphatic rings. The Bertz CT molecular complexity index is 1610. The van der Waals surface area contributed by atoms with Crippen LogP contribution in [0.2, 0.25) is 0 Å². The number of nitro benzene ring substituents is 1. The van der Waals surface area contributed by atoms with E-state index in [0.717, 1.165) is 11.8 Å². The molecule has 39 heavy (non-hydrogen) atoms. The Morgan fingerprint density at radius 1 is 1.15 bits per heavy atom. The number of alkyl halides is 2. The van der Waals surface area contributed by atoms with Crippen molar-refractivity contribution in [3.8, 4) is 17.5 Å². The lowest BCUT2D eigenvalue weighted by molar-refractivity contribution is -0.387. The predicted octanol–water partition coefficient (Wildman–Crippen LogP) is 6.33. The van der Waals surface area contributed by atoms with Crippen molar-refractivity contribution in [2.75, 3.05) is 0 Å². The van der Waals surface area contributed by atoms with Gasteiger partial charge in [-0.2, -0.15) is 14.0 Å². The van der Waals surface area contributed by atoms with Gasteiger partial charge in [0.05, 0.1) is 9.82 Å². The molecule has 0 saturated carbocycles. The third-order valence-electron chi connectivity index (χ3n) is 5.59. The minimum absolute atomic E-state index is 0.00276. The van der Waals surface area contributed by atoms with E-state index in [0.29, 0.717) is 32.7 Å². The Morgan fingerprint density at radius 2 is 1.85 bits per heavy atom. The highest BCUT2D eigenvalue weighted by atomic mass is 32.2. The number of allylic oxidation sites excluding steroid dienone is 1. The van der Waals surface area contributed by atoms with Crippen LogP contribution in [0, 0.1) is 35.3 Å². The Kier molecular flexibility index (Phi) is 8.12. The second-order valence-electron chi connectivity index (χ2n) is 8.11. The third kappa shape index (κ3) is 6.16. The molecule has 0 atom stereocenters. The van der Waals surface area contributed by atoms with Gasteiger partial charge in [-0.3, -0.25) is 14.9 Å². The summed E-state index contributed by atoms with van der Waals surface area (Å²) in [6, 6.07) is 15.4. The Hall–Kier alpha value is -4.89. The number of nitriles is 1. The minimum Gasteiger partial charge on any atom is -0.435 e. The summed E-state index contributed by atoms with van der Waals surface area (Å²) in [7, 11) is 0. The first-order valence-electron chi connectivity index (χ1n) is 11.3. The van der Waals surface area contributed by atoms with Crippen LogP contribution in [0.25, 0.3) is 11.8 Å². The van der Waals surface area contributed by atoms with E-state index in [1.165, 1.54) is 42.7 Å². The SMILES string of the molecule is Cc1cc(C(=O)/C(C#N)=C/c2ccc(Sc3ncccn3)c([N+](=O)[O-])c2)c(C)n1-c1ccc(OC(F)F)cc1. The van der Waals surface area contributed by atoms with Gasteiger partial charge in [-0.05, 0) is 79.7 Å². The van der Waals surface area contributed by atoms with Crippen molar-refractivity contribution in [1.82, 2.24) is 14.5 Å². The van der Waals surface area contributed by atoms with Crippen molar-refractivity contribution in [3.63, 3.8) is 0 Å². The molecule has 9 nitrogen and oxygen atoms in total. The molecule has 2 heterocycles. The van der Waals surface area contributed by atoms with Gasteiger partial charge in [-0.15, -0.1) is 0 Å². The van der Waals surface area contributed by atoms with Crippen molar-refractivity contribution < 1.29 is 23.2 Å². The van der Waals surface area contributed by atoms with Crippen LogP contribution in [-0.2, 0) is 0 Å². The molecule has 4 rings (SSSR count). The normalized spacial score (nSPS) is 11.3. The summed E-state index contributed by atoms with van der Waals surface area (Å²) in [4.78, 5) is 32.9. The van der Waals surface area contributed by atoms with Gasteiger partial charge in [-0.25, -0.2) is 9.97 Å². The number of benzene rings is 2. The maximum absolute atomic E-state index is 13.3. The molecule has 0 unspecified atom stereocenters. The number of hydrogen-bond acceptors (Lipinski definition) is 8. The van der Waals surface area contributed by atoms with Crippen LogP contribution in [0.15, 0.2) is 82.6 Å². The number of carbonyl (C=O) groups excluding carboxylic acids is 1. The van der Waals surface area contributed by atoms with Crippen LogP contribution in [0.3, 0.4) is 0 Å². The van der Waals surface area contributed by atoms with Crippen molar-refractivity contribution in [2.45, 2.75) is 30.5 Å². The first-order valence-corrected chi connectivity index (χ1v) is 12.1. The first kappa shape index (κ1) is 27.2. The van der Waals surface area contributed by atoms with Crippen LogP contribution >= 0.6 is 11.8 Å². The van der Waals surface area contributed by atoms with Crippen LogP contribution < -0.4 is 4.74 Å². The molecule has 196 valence electrons. The number of Topliss-reactive ketones (excluding diaryl/α,β-unsaturated/α-hetero) is 1. The van der Waals surface area contributed by atoms with Gasteiger partial charge in [-0.1, -0.05) is 6.07 Å². The van der Waals surface area contributed by atoms with Gasteiger partial charge >= 0.3 is 6.61 Å². The molecule has 0 aliphatic heterocycles. The summed E-state index contributed by atoms with van der Waals surface area (Å²) in [6.07, 6.45) is 4.35. The quantitative estimate of drug-likeness (QED) is 0.0594. The highest BCUT2D eigenvalue weighted by Crippen LogP contribution is 2.34. The third-order valence-corrected chi connectivity index (χ3v) is 6.55. The summed E-state index contributed by atoms with van der Waals surface area (Å²) < 4.78 is 31.1. The van der Waals surface area contributed by atoms with Crippen LogP contribution in [0.1, 0.15) is 27.3 Å². The molecule has 0 amide bonds. The lowest BCUT2D eigenvalue weighted by atomic mass is 10.0. The van der Waals surface area contributed by atoms with Gasteiger partial charge in [0.15, 0.2) is 5.16 Å². The smallest absolute Gasteiger partial charge is 0.387 e. The van der Waals surface area contributed by atoms with E-state index < -0.39 is 17.3 Å². The number of nitrogens with zero attached hydrogens (tertiary/aromatic N) is 5. The number of halogens is 2. The Morgan fingerprint density at radius 3 is 2.46 bits per heavy atom. The zero-order valence-corrected chi connectivity index (χ0v) is 21.4. The molecular formula is C27H19F2N5O4S. The molecule has 0 fully saturated rings. The number of ketones is 1. The number of ether oxygens (including phenoxy) is 1. The number of aromatic nitrogens is 3. The molecule has 0 aliphatic carbocycles. The number of rotatable bonds is 9. The molecule has 0 saturated heterocycles. The zero-order chi connectivity index (χ0) is 28.1. The van der Waals surface area contributed by atoms with Crippen LogP contribution in [0.4, 0.5) is 14.5 Å². The number of aryl methyl sites for hydroxylation is 1. The van der Waals surface area contributed by atoms with Crippen LogP contribution in [0.5, 0.6) is 5.75 Å². The molecule has 2 aromatic heterocycles. The number of carbonyl (C=O) groups is 1. The van der Waals surface area contributed by atoms with Crippen molar-refractivity contribution in [3.05, 3.63) is 105 Å². The van der Waals surface area contributed by atoms with E-state index in [9.17, 15) is 29.0 Å². The molecule has 0 N–H and O–H groups in total. The zero-order valence-electron chi connectivity index (χ0n) is 20.5. The maximum atomic E-state index is 13.3. The fourth-order valence-electron chi connectivity index (χ4n) is 3.92. The summed E-state index contributed by atoms with van der Waals surface area (Å²) in [6.45, 7) is 0.515. The number of nitro groups is 1. The van der Waals surface area contributed by atoms with Crippen molar-refractivity contribution in [1.29, 1.82) is 5.26 Å². The number of hydrogen-bond donors (Lipinski definition) is 0. The van der Waals surface area contributed by atoms with Gasteiger partial charge in [0.2, 0.25) is 5.78 Å². The van der Waals surface area contributed by atoms with Gasteiger partial charge in [0, 0.05) is 41.1 Å². The monoisotopic (exact) mass is 547 g/mol. The first-order chi connectivity index (χ1) is 18.7. The Balaban J connectivity index is 1.64. The lowest BCUT2D eigenvalue weighted by Crippen LogP contribution is -2.06. The molecule has 0 radical (unpaired) electrons. The molecule has 12 heteroatoms. The molecule has 0 spiro atoms. The summed E-state index contributed by atoms with van der Waals surface area (Å²) in [5.41, 5.74) is 1.95. The topological polar surface area (TPSA) is 124 Å². The molecular weight excluding hydrogens is 528 g/mol. The highest BCUT2D eigenvalue weighted by Gasteiger charge is 2.22. The predicted molar refractivity (Wildman–Crippen MR) is 139 cm³/mol. The fourth-order valence-corrected chi connectivity index (χ4v) is 4.71. The molecule has 2 aromatic carbocycles. The average molecular weight is 548 g/mol. The van der Waals surface area contributed by atoms with E-state index in [4.69, 9.17) is 0 Å². The maximum Gasteiger partial charge on any atom is 0.387 e. The van der Waals surface area contributed by atoms with Crippen LogP contribution in [-0.4, -0.2) is 31.9 Å². The average Bonchev–Trinajstić information content (AvgIpc) is 3.21. The van der Waals surface area contributed by atoms with E-state index in [1.807, 2.05) is 6.07 Å².